The van der Waals surface area contributed by atoms with Gasteiger partial charge in [0, 0.05) is 37.4 Å². The van der Waals surface area contributed by atoms with Gasteiger partial charge in [-0.1, -0.05) is 18.2 Å². The average Bonchev–Trinajstić information content (AvgIpc) is 2.80. The number of ether oxygens (including phenoxy) is 3. The normalized spacial score (nSPS) is 13.8. The summed E-state index contributed by atoms with van der Waals surface area (Å²) in [6.07, 6.45) is 1.50. The van der Waals surface area contributed by atoms with Crippen LogP contribution < -0.4 is 15.4 Å². The number of anilines is 1. The topological polar surface area (TPSA) is 103 Å². The fraction of sp³-hybridized carbons (Fsp3) is 0.375. The minimum Gasteiger partial charge on any atom is -0.434 e. The van der Waals surface area contributed by atoms with E-state index in [4.69, 9.17) is 14.2 Å². The lowest BCUT2D eigenvalue weighted by Crippen LogP contribution is -2.28. The van der Waals surface area contributed by atoms with Crippen LogP contribution in [0.3, 0.4) is 0 Å². The van der Waals surface area contributed by atoms with E-state index < -0.39 is 6.16 Å². The van der Waals surface area contributed by atoms with Gasteiger partial charge in [0.25, 0.3) is 5.91 Å². The molecule has 0 unspecified atom stereocenters. The van der Waals surface area contributed by atoms with Crippen molar-refractivity contribution >= 4 is 23.7 Å². The van der Waals surface area contributed by atoms with Gasteiger partial charge in [0.05, 0.1) is 6.61 Å². The summed E-state index contributed by atoms with van der Waals surface area (Å²) in [6.45, 7) is 3.65. The maximum Gasteiger partial charge on any atom is 0.513 e. The molecule has 2 amide bonds. The second-order valence-electron chi connectivity index (χ2n) is 7.46. The van der Waals surface area contributed by atoms with Gasteiger partial charge in [-0.3, -0.25) is 9.59 Å². The highest BCUT2D eigenvalue weighted by Crippen LogP contribution is 2.20. The van der Waals surface area contributed by atoms with Crippen LogP contribution in [-0.4, -0.2) is 37.8 Å². The van der Waals surface area contributed by atoms with Gasteiger partial charge in [-0.15, -0.1) is 0 Å². The van der Waals surface area contributed by atoms with Crippen LogP contribution in [0.15, 0.2) is 48.5 Å². The first kappa shape index (κ1) is 23.3. The van der Waals surface area contributed by atoms with E-state index in [-0.39, 0.29) is 24.2 Å². The molecular formula is C24H28N2O6. The van der Waals surface area contributed by atoms with Crippen LogP contribution in [0.4, 0.5) is 10.5 Å². The summed E-state index contributed by atoms with van der Waals surface area (Å²) in [5, 5.41) is 5.82. The van der Waals surface area contributed by atoms with E-state index in [0.717, 1.165) is 18.4 Å². The number of hydrogen-bond acceptors (Lipinski definition) is 6. The summed E-state index contributed by atoms with van der Waals surface area (Å²) >= 11 is 0. The second kappa shape index (κ2) is 11.9. The van der Waals surface area contributed by atoms with Crippen molar-refractivity contribution in [3.05, 3.63) is 59.7 Å². The number of benzene rings is 2. The monoisotopic (exact) mass is 440 g/mol. The summed E-state index contributed by atoms with van der Waals surface area (Å²) < 4.78 is 15.1. The van der Waals surface area contributed by atoms with E-state index >= 15 is 0 Å². The van der Waals surface area contributed by atoms with Gasteiger partial charge in [0.15, 0.2) is 0 Å². The number of amides is 2. The maximum absolute atomic E-state index is 12.7. The molecule has 1 saturated heterocycles. The van der Waals surface area contributed by atoms with Crippen molar-refractivity contribution in [3.63, 3.8) is 0 Å². The highest BCUT2D eigenvalue weighted by Gasteiger charge is 2.17. The molecule has 2 N–H and O–H groups in total. The van der Waals surface area contributed by atoms with Crippen molar-refractivity contribution in [1.82, 2.24) is 5.32 Å². The molecular weight excluding hydrogens is 412 g/mol. The fourth-order valence-corrected chi connectivity index (χ4v) is 3.39. The molecule has 1 heterocycles. The highest BCUT2D eigenvalue weighted by atomic mass is 16.7. The van der Waals surface area contributed by atoms with Crippen LogP contribution in [0.5, 0.6) is 5.75 Å². The molecule has 0 aliphatic carbocycles. The average molecular weight is 440 g/mol. The first-order valence-corrected chi connectivity index (χ1v) is 10.7. The van der Waals surface area contributed by atoms with Crippen molar-refractivity contribution in [2.45, 2.75) is 32.7 Å². The van der Waals surface area contributed by atoms with Crippen molar-refractivity contribution in [2.75, 3.05) is 25.1 Å². The lowest BCUT2D eigenvalue weighted by Gasteiger charge is -2.21. The SMILES string of the molecule is CCOC(=O)Oc1ccc(C(=O)Nc2ccccc2CNC(=O)CC2CCOCC2)cc1. The van der Waals surface area contributed by atoms with Crippen molar-refractivity contribution < 1.29 is 28.6 Å². The summed E-state index contributed by atoms with van der Waals surface area (Å²) in [5.74, 6) is 0.325. The van der Waals surface area contributed by atoms with Crippen LogP contribution in [0, 0.1) is 5.92 Å². The molecule has 2 aromatic rings. The molecule has 0 aromatic heterocycles. The second-order valence-corrected chi connectivity index (χ2v) is 7.46. The zero-order valence-electron chi connectivity index (χ0n) is 18.1. The zero-order valence-corrected chi connectivity index (χ0v) is 18.1. The van der Waals surface area contributed by atoms with Gasteiger partial charge in [0.1, 0.15) is 5.75 Å². The van der Waals surface area contributed by atoms with E-state index in [0.29, 0.717) is 43.3 Å². The Labute approximate surface area is 187 Å². The minimum absolute atomic E-state index is 0.00443. The Morgan fingerprint density at radius 2 is 1.75 bits per heavy atom. The summed E-state index contributed by atoms with van der Waals surface area (Å²) in [7, 11) is 0. The van der Waals surface area contributed by atoms with Crippen molar-refractivity contribution in [2.24, 2.45) is 5.92 Å². The Morgan fingerprint density at radius 1 is 1.03 bits per heavy atom. The Balaban J connectivity index is 1.55. The number of nitrogens with one attached hydrogen (secondary N) is 2. The molecule has 1 aliphatic rings. The smallest absolute Gasteiger partial charge is 0.434 e. The molecule has 1 aliphatic heterocycles. The molecule has 170 valence electrons. The zero-order chi connectivity index (χ0) is 22.8. The third-order valence-electron chi connectivity index (χ3n) is 5.14. The predicted molar refractivity (Wildman–Crippen MR) is 118 cm³/mol. The Hall–Kier alpha value is -3.39. The predicted octanol–water partition coefficient (Wildman–Crippen LogP) is 3.91. The van der Waals surface area contributed by atoms with Crippen molar-refractivity contribution in [1.29, 1.82) is 0 Å². The van der Waals surface area contributed by atoms with Crippen molar-refractivity contribution in [3.8, 4) is 5.75 Å². The molecule has 3 rings (SSSR count). The Bertz CT molecular complexity index is 922. The molecule has 8 heteroatoms. The number of rotatable bonds is 8. The molecule has 0 bridgehead atoms. The molecule has 0 radical (unpaired) electrons. The quantitative estimate of drug-likeness (QED) is 0.477. The summed E-state index contributed by atoms with van der Waals surface area (Å²) in [6, 6.07) is 13.5. The molecule has 8 nitrogen and oxygen atoms in total. The lowest BCUT2D eigenvalue weighted by atomic mass is 9.96. The third-order valence-corrected chi connectivity index (χ3v) is 5.14. The molecule has 32 heavy (non-hydrogen) atoms. The first-order chi connectivity index (χ1) is 15.5. The van der Waals surface area contributed by atoms with Crippen LogP contribution in [0.25, 0.3) is 0 Å². The van der Waals surface area contributed by atoms with E-state index in [9.17, 15) is 14.4 Å². The third kappa shape index (κ3) is 7.09. The van der Waals surface area contributed by atoms with Gasteiger partial charge < -0.3 is 24.8 Å². The molecule has 2 aromatic carbocycles. The van der Waals surface area contributed by atoms with Gasteiger partial charge in [-0.2, -0.15) is 0 Å². The summed E-state index contributed by atoms with van der Waals surface area (Å²) in [4.78, 5) is 36.3. The van der Waals surface area contributed by atoms with Gasteiger partial charge >= 0.3 is 6.16 Å². The van der Waals surface area contributed by atoms with E-state index in [1.807, 2.05) is 18.2 Å². The van der Waals surface area contributed by atoms with Crippen LogP contribution in [-0.2, 0) is 20.8 Å². The van der Waals surface area contributed by atoms with E-state index in [1.165, 1.54) is 12.1 Å². The molecule has 0 saturated carbocycles. The van der Waals surface area contributed by atoms with Crippen LogP contribution in [0.2, 0.25) is 0 Å². The largest absolute Gasteiger partial charge is 0.513 e. The first-order valence-electron chi connectivity index (χ1n) is 10.7. The van der Waals surface area contributed by atoms with Gasteiger partial charge in [-0.05, 0) is 61.6 Å². The standard InChI is InChI=1S/C24H28N2O6/c1-2-31-24(29)32-20-9-7-18(8-10-20)23(28)26-21-6-4-3-5-19(21)16-25-22(27)15-17-11-13-30-14-12-17/h3-10,17H,2,11-16H2,1H3,(H,25,27)(H,26,28). The fourth-order valence-electron chi connectivity index (χ4n) is 3.39. The van der Waals surface area contributed by atoms with Crippen LogP contribution >= 0.6 is 0 Å². The number of carbonyl (C=O) groups excluding carboxylic acids is 3. The lowest BCUT2D eigenvalue weighted by molar-refractivity contribution is -0.122. The van der Waals surface area contributed by atoms with Crippen LogP contribution in [0.1, 0.15) is 42.1 Å². The number of hydrogen-bond donors (Lipinski definition) is 2. The maximum atomic E-state index is 12.7. The summed E-state index contributed by atoms with van der Waals surface area (Å²) in [5.41, 5.74) is 1.83. The molecule has 1 fully saturated rings. The number of para-hydroxylation sites is 1. The van der Waals surface area contributed by atoms with E-state index in [2.05, 4.69) is 10.6 Å². The van der Waals surface area contributed by atoms with Gasteiger partial charge in [0.2, 0.25) is 5.91 Å². The Morgan fingerprint density at radius 3 is 2.47 bits per heavy atom. The highest BCUT2D eigenvalue weighted by molar-refractivity contribution is 6.04. The minimum atomic E-state index is -0.794. The molecule has 0 atom stereocenters. The van der Waals surface area contributed by atoms with E-state index in [1.54, 1.807) is 25.1 Å². The number of carbonyl (C=O) groups is 3. The Kier molecular flexibility index (Phi) is 8.62. The molecule has 0 spiro atoms. The van der Waals surface area contributed by atoms with Gasteiger partial charge in [-0.25, -0.2) is 4.79 Å².